The zero-order valence-electron chi connectivity index (χ0n) is 20.1. The molecule has 5 rings (SSSR count). The summed E-state index contributed by atoms with van der Waals surface area (Å²) in [6, 6.07) is 15.7. The van der Waals surface area contributed by atoms with Crippen molar-refractivity contribution in [3.63, 3.8) is 0 Å². The zero-order valence-corrected chi connectivity index (χ0v) is 21.1. The lowest BCUT2D eigenvalue weighted by molar-refractivity contribution is 0.290. The van der Waals surface area contributed by atoms with Crippen LogP contribution in [0.4, 0.5) is 0 Å². The van der Waals surface area contributed by atoms with Gasteiger partial charge in [-0.05, 0) is 34.0 Å². The van der Waals surface area contributed by atoms with Gasteiger partial charge in [-0.25, -0.2) is 9.97 Å². The van der Waals surface area contributed by atoms with Crippen LogP contribution in [0.3, 0.4) is 0 Å². The third-order valence-electron chi connectivity index (χ3n) is 7.70. The Bertz CT molecular complexity index is 1360. The van der Waals surface area contributed by atoms with Gasteiger partial charge in [-0.15, -0.1) is 0 Å². The molecule has 2 aromatic heterocycles. The third kappa shape index (κ3) is 2.96. The number of benzene rings is 2. The van der Waals surface area contributed by atoms with Crippen molar-refractivity contribution in [3.05, 3.63) is 72.4 Å². The largest absolute Gasteiger partial charge is 0.256 e. The van der Waals surface area contributed by atoms with Gasteiger partial charge in [0.05, 0.1) is 19.5 Å². The molecule has 1 aliphatic rings. The van der Waals surface area contributed by atoms with Crippen LogP contribution in [-0.4, -0.2) is 23.0 Å². The molecular formula is C28H31N3Si. The van der Waals surface area contributed by atoms with Gasteiger partial charge in [-0.2, -0.15) is 0 Å². The van der Waals surface area contributed by atoms with Crippen LogP contribution < -0.4 is 5.19 Å². The van der Waals surface area contributed by atoms with E-state index in [1.165, 1.54) is 32.6 Å². The predicted octanol–water partition coefficient (Wildman–Crippen LogP) is 6.47. The van der Waals surface area contributed by atoms with Gasteiger partial charge < -0.3 is 0 Å². The van der Waals surface area contributed by atoms with Crippen molar-refractivity contribution in [1.82, 2.24) is 15.0 Å². The quantitative estimate of drug-likeness (QED) is 0.337. The number of hydrogen-bond donors (Lipinski definition) is 0. The van der Waals surface area contributed by atoms with Gasteiger partial charge in [0.15, 0.2) is 0 Å². The van der Waals surface area contributed by atoms with Gasteiger partial charge in [-0.3, -0.25) is 4.98 Å². The molecule has 0 amide bonds. The van der Waals surface area contributed by atoms with E-state index in [0.29, 0.717) is 0 Å². The Morgan fingerprint density at radius 3 is 2.28 bits per heavy atom. The van der Waals surface area contributed by atoms with Crippen LogP contribution in [0.1, 0.15) is 39.0 Å². The summed E-state index contributed by atoms with van der Waals surface area (Å²) in [5, 5.41) is 4.14. The van der Waals surface area contributed by atoms with E-state index in [0.717, 1.165) is 17.0 Å². The maximum Gasteiger partial charge on any atom is 0.115 e. The first-order chi connectivity index (χ1) is 15.0. The molecule has 0 fully saturated rings. The fourth-order valence-corrected chi connectivity index (χ4v) is 6.69. The molecule has 3 nitrogen and oxygen atoms in total. The fraction of sp³-hybridized carbons (Fsp3) is 0.321. The monoisotopic (exact) mass is 437 g/mol. The molecular weight excluding hydrogens is 406 g/mol. The maximum absolute atomic E-state index is 5.00. The highest BCUT2D eigenvalue weighted by atomic mass is 28.3. The first kappa shape index (κ1) is 21.0. The topological polar surface area (TPSA) is 38.7 Å². The van der Waals surface area contributed by atoms with Crippen molar-refractivity contribution in [3.8, 4) is 22.4 Å². The first-order valence-corrected chi connectivity index (χ1v) is 14.9. The van der Waals surface area contributed by atoms with Gasteiger partial charge in [-0.1, -0.05) is 82.9 Å². The van der Waals surface area contributed by atoms with Crippen LogP contribution in [0.25, 0.3) is 33.2 Å². The summed E-state index contributed by atoms with van der Waals surface area (Å²) in [6.07, 6.45) is 5.73. The molecule has 32 heavy (non-hydrogen) atoms. The third-order valence-corrected chi connectivity index (χ3v) is 9.73. The molecule has 4 heteroatoms. The summed E-state index contributed by atoms with van der Waals surface area (Å²) in [5.41, 5.74) is 6.70. The van der Waals surface area contributed by atoms with Crippen LogP contribution in [0.2, 0.25) is 19.6 Å². The number of aromatic nitrogens is 3. The molecule has 162 valence electrons. The van der Waals surface area contributed by atoms with E-state index >= 15 is 0 Å². The highest BCUT2D eigenvalue weighted by Crippen LogP contribution is 2.52. The summed E-state index contributed by atoms with van der Waals surface area (Å²) in [5.74, 6) is 0. The minimum atomic E-state index is -1.54. The average molecular weight is 438 g/mol. The highest BCUT2D eigenvalue weighted by molar-refractivity contribution is 6.90. The first-order valence-electron chi connectivity index (χ1n) is 11.4. The lowest BCUT2D eigenvalue weighted by atomic mass is 9.57. The predicted molar refractivity (Wildman–Crippen MR) is 137 cm³/mol. The van der Waals surface area contributed by atoms with Gasteiger partial charge in [0.2, 0.25) is 0 Å². The standard InChI is InChI=1S/C28H31N3Si/c1-27(2)23-16-30-24(14-21(23)22-15-29-17-31-26(22)28(27,3)4)19-12-18-10-8-9-11-20(18)25(13-19)32(5,6)7/h8-17H,1-7H3. The maximum atomic E-state index is 5.00. The lowest BCUT2D eigenvalue weighted by Crippen LogP contribution is -2.44. The Hall–Kier alpha value is -2.85. The molecule has 0 spiro atoms. The highest BCUT2D eigenvalue weighted by Gasteiger charge is 2.47. The number of pyridine rings is 1. The summed E-state index contributed by atoms with van der Waals surface area (Å²) >= 11 is 0. The molecule has 0 saturated heterocycles. The van der Waals surface area contributed by atoms with E-state index in [1.807, 2.05) is 6.20 Å². The zero-order chi connectivity index (χ0) is 22.9. The molecule has 4 aromatic rings. The Morgan fingerprint density at radius 2 is 1.53 bits per heavy atom. The second-order valence-electron chi connectivity index (χ2n) is 11.1. The Kier molecular flexibility index (Phi) is 4.48. The number of fused-ring (bicyclic) bond motifs is 4. The molecule has 2 aromatic carbocycles. The van der Waals surface area contributed by atoms with Crippen molar-refractivity contribution in [2.75, 3.05) is 0 Å². The summed E-state index contributed by atoms with van der Waals surface area (Å²) < 4.78 is 0. The molecule has 0 N–H and O–H groups in total. The molecule has 1 aliphatic carbocycles. The number of hydrogen-bond acceptors (Lipinski definition) is 3. The lowest BCUT2D eigenvalue weighted by Gasteiger charge is -2.46. The van der Waals surface area contributed by atoms with Crippen molar-refractivity contribution in [2.24, 2.45) is 0 Å². The average Bonchev–Trinajstić information content (AvgIpc) is 2.76. The summed E-state index contributed by atoms with van der Waals surface area (Å²) in [6.45, 7) is 16.4. The summed E-state index contributed by atoms with van der Waals surface area (Å²) in [4.78, 5) is 14.1. The van der Waals surface area contributed by atoms with Gasteiger partial charge in [0.1, 0.15) is 6.33 Å². The second-order valence-corrected chi connectivity index (χ2v) is 16.2. The smallest absolute Gasteiger partial charge is 0.115 e. The van der Waals surface area contributed by atoms with Gasteiger partial charge in [0, 0.05) is 34.4 Å². The van der Waals surface area contributed by atoms with Crippen LogP contribution >= 0.6 is 0 Å². The normalized spacial score (nSPS) is 16.5. The minimum Gasteiger partial charge on any atom is -0.256 e. The Balaban J connectivity index is 1.77. The van der Waals surface area contributed by atoms with E-state index < -0.39 is 8.07 Å². The van der Waals surface area contributed by atoms with E-state index in [2.05, 4.69) is 101 Å². The molecule has 2 heterocycles. The van der Waals surface area contributed by atoms with Gasteiger partial charge >= 0.3 is 0 Å². The van der Waals surface area contributed by atoms with Crippen LogP contribution in [0.15, 0.2) is 61.2 Å². The van der Waals surface area contributed by atoms with Crippen LogP contribution in [0.5, 0.6) is 0 Å². The number of rotatable bonds is 2. The fourth-order valence-electron chi connectivity index (χ4n) is 5.07. The van der Waals surface area contributed by atoms with E-state index in [1.54, 1.807) is 6.33 Å². The van der Waals surface area contributed by atoms with Crippen LogP contribution in [-0.2, 0) is 10.8 Å². The molecule has 0 bridgehead atoms. The van der Waals surface area contributed by atoms with Gasteiger partial charge in [0.25, 0.3) is 0 Å². The molecule has 0 unspecified atom stereocenters. The van der Waals surface area contributed by atoms with Crippen molar-refractivity contribution in [2.45, 2.75) is 58.2 Å². The van der Waals surface area contributed by atoms with E-state index in [9.17, 15) is 0 Å². The molecule has 0 radical (unpaired) electrons. The number of nitrogens with zero attached hydrogens (tertiary/aromatic N) is 3. The SMILES string of the molecule is CC1(C)c2cnc(-c3cc([Si](C)(C)C)c4ccccc4c3)cc2-c2cncnc2C1(C)C. The minimum absolute atomic E-state index is 0.0952. The van der Waals surface area contributed by atoms with Crippen molar-refractivity contribution < 1.29 is 0 Å². The molecule has 0 saturated carbocycles. The summed E-state index contributed by atoms with van der Waals surface area (Å²) in [7, 11) is -1.54. The van der Waals surface area contributed by atoms with Crippen molar-refractivity contribution >= 4 is 24.0 Å². The molecule has 0 atom stereocenters. The Labute approximate surface area is 192 Å². The molecule has 0 aliphatic heterocycles. The van der Waals surface area contributed by atoms with E-state index in [-0.39, 0.29) is 10.8 Å². The second kappa shape index (κ2) is 6.82. The van der Waals surface area contributed by atoms with E-state index in [4.69, 9.17) is 9.97 Å². The van der Waals surface area contributed by atoms with Crippen LogP contribution in [0, 0.1) is 0 Å². The van der Waals surface area contributed by atoms with Crippen molar-refractivity contribution in [1.29, 1.82) is 0 Å². The Morgan fingerprint density at radius 1 is 0.781 bits per heavy atom.